The number of nitrogens with one attached hydrogen (secondary N) is 2. The Labute approximate surface area is 213 Å². The third-order valence-corrected chi connectivity index (χ3v) is 7.57. The van der Waals surface area contributed by atoms with Crippen LogP contribution in [0.1, 0.15) is 24.1 Å². The van der Waals surface area contributed by atoms with E-state index >= 15 is 0 Å². The Kier molecular flexibility index (Phi) is 8.89. The molecule has 6 nitrogen and oxygen atoms in total. The minimum atomic E-state index is -3.83. The highest BCUT2D eigenvalue weighted by molar-refractivity contribution is 7.92. The Morgan fingerprint density at radius 3 is 2.33 bits per heavy atom. The van der Waals surface area contributed by atoms with Crippen molar-refractivity contribution in [2.24, 2.45) is 5.84 Å². The second kappa shape index (κ2) is 11.3. The molecule has 0 fully saturated rings. The highest BCUT2D eigenvalue weighted by atomic mass is 35.5. The van der Waals surface area contributed by atoms with E-state index in [1.54, 1.807) is 24.3 Å². The van der Waals surface area contributed by atoms with E-state index in [1.807, 2.05) is 19.1 Å². The molecule has 3 rings (SSSR count). The molecule has 11 heteroatoms. The van der Waals surface area contributed by atoms with E-state index in [-0.39, 0.29) is 10.9 Å². The van der Waals surface area contributed by atoms with Crippen LogP contribution in [0.4, 0.5) is 5.69 Å². The normalized spacial score (nSPS) is 12.7. The molecule has 0 bridgehead atoms. The second-order valence-electron chi connectivity index (χ2n) is 7.30. The van der Waals surface area contributed by atoms with Crippen molar-refractivity contribution in [1.82, 2.24) is 10.5 Å². The first-order chi connectivity index (χ1) is 15.6. The summed E-state index contributed by atoms with van der Waals surface area (Å²) in [6, 6.07) is 16.1. The summed E-state index contributed by atoms with van der Waals surface area (Å²) in [6.07, 6.45) is 0.440. The van der Waals surface area contributed by atoms with Gasteiger partial charge in [0.2, 0.25) is 0 Å². The fourth-order valence-corrected chi connectivity index (χ4v) is 5.02. The van der Waals surface area contributed by atoms with Gasteiger partial charge in [-0.05, 0) is 66.9 Å². The first kappa shape index (κ1) is 26.1. The minimum Gasteiger partial charge on any atom is -0.279 e. The molecule has 0 aliphatic carbocycles. The molecule has 0 heterocycles. The van der Waals surface area contributed by atoms with Crippen molar-refractivity contribution in [3.8, 4) is 0 Å². The van der Waals surface area contributed by atoms with Crippen molar-refractivity contribution >= 4 is 62.1 Å². The van der Waals surface area contributed by atoms with Gasteiger partial charge in [0, 0.05) is 22.6 Å². The fourth-order valence-electron chi connectivity index (χ4n) is 3.16. The van der Waals surface area contributed by atoms with E-state index in [0.29, 0.717) is 38.7 Å². The number of nitrogens with zero attached hydrogens (tertiary/aromatic N) is 1. The highest BCUT2D eigenvalue weighted by Crippen LogP contribution is 2.30. The molecule has 0 amide bonds. The van der Waals surface area contributed by atoms with Gasteiger partial charge in [0.1, 0.15) is 0 Å². The molecule has 0 aromatic heterocycles. The Bertz CT molecular complexity index is 1220. The summed E-state index contributed by atoms with van der Waals surface area (Å²) < 4.78 is 28.2. The predicted molar refractivity (Wildman–Crippen MR) is 136 cm³/mol. The van der Waals surface area contributed by atoms with Gasteiger partial charge in [-0.1, -0.05) is 64.6 Å². The maximum Gasteiger partial charge on any atom is 0.261 e. The van der Waals surface area contributed by atoms with E-state index in [0.717, 1.165) is 11.1 Å². The summed E-state index contributed by atoms with van der Waals surface area (Å²) in [4.78, 5) is 0.0900. The van der Waals surface area contributed by atoms with Crippen LogP contribution in [-0.4, -0.2) is 20.1 Å². The molecule has 0 aliphatic rings. The first-order valence-electron chi connectivity index (χ1n) is 9.86. The van der Waals surface area contributed by atoms with Crippen LogP contribution in [-0.2, 0) is 16.4 Å². The van der Waals surface area contributed by atoms with Crippen molar-refractivity contribution in [1.29, 1.82) is 0 Å². The van der Waals surface area contributed by atoms with Gasteiger partial charge < -0.3 is 0 Å². The van der Waals surface area contributed by atoms with E-state index < -0.39 is 10.0 Å². The first-order valence-corrected chi connectivity index (χ1v) is 12.9. The lowest BCUT2D eigenvalue weighted by molar-refractivity contribution is 0.167. The average Bonchev–Trinajstić information content (AvgIpc) is 2.75. The molecule has 176 valence electrons. The van der Waals surface area contributed by atoms with Crippen LogP contribution >= 0.6 is 46.4 Å². The standard InChI is InChI=1S/C22H22Cl4N4O2S/c1-14(19-3-2-4-20(25)22(19)26)28-30(27)12-11-15-5-6-17(24)13-21(15)29-33(31,32)18-9-7-16(23)8-10-18/h2-10,13-14,28-29H,11-12,27H2,1H3/t14-/m1/s1. The summed E-state index contributed by atoms with van der Waals surface area (Å²) >= 11 is 24.4. The monoisotopic (exact) mass is 546 g/mol. The summed E-state index contributed by atoms with van der Waals surface area (Å²) in [5.41, 5.74) is 5.04. The van der Waals surface area contributed by atoms with Crippen LogP contribution in [0, 0.1) is 0 Å². The fraction of sp³-hybridized carbons (Fsp3) is 0.182. The van der Waals surface area contributed by atoms with Crippen LogP contribution < -0.4 is 16.0 Å². The number of anilines is 1. The molecule has 0 radical (unpaired) electrons. The summed E-state index contributed by atoms with van der Waals surface area (Å²) in [5, 5.41) is 3.20. The number of halogens is 4. The maximum atomic E-state index is 12.8. The zero-order chi connectivity index (χ0) is 24.2. The Morgan fingerprint density at radius 2 is 1.64 bits per heavy atom. The molecule has 0 spiro atoms. The van der Waals surface area contributed by atoms with Crippen molar-refractivity contribution in [2.75, 3.05) is 11.3 Å². The van der Waals surface area contributed by atoms with Crippen LogP contribution in [0.15, 0.2) is 65.6 Å². The summed E-state index contributed by atoms with van der Waals surface area (Å²) in [6.45, 7) is 2.28. The lowest BCUT2D eigenvalue weighted by Crippen LogP contribution is -2.46. The largest absolute Gasteiger partial charge is 0.279 e. The highest BCUT2D eigenvalue weighted by Gasteiger charge is 2.18. The van der Waals surface area contributed by atoms with E-state index in [2.05, 4.69) is 10.1 Å². The summed E-state index contributed by atoms with van der Waals surface area (Å²) in [5.74, 6) is 6.13. The number of sulfonamides is 1. The van der Waals surface area contributed by atoms with Gasteiger partial charge in [0.25, 0.3) is 10.0 Å². The van der Waals surface area contributed by atoms with Gasteiger partial charge in [0.05, 0.1) is 20.6 Å². The third-order valence-electron chi connectivity index (χ3n) is 4.87. The molecular formula is C22H22Cl4N4O2S. The number of rotatable bonds is 9. The second-order valence-corrected chi connectivity index (χ2v) is 10.6. The lowest BCUT2D eigenvalue weighted by Gasteiger charge is -2.24. The Morgan fingerprint density at radius 1 is 0.970 bits per heavy atom. The number of hydrogen-bond acceptors (Lipinski definition) is 5. The molecule has 0 unspecified atom stereocenters. The van der Waals surface area contributed by atoms with E-state index in [4.69, 9.17) is 52.2 Å². The Hall–Kier alpha value is -1.55. The van der Waals surface area contributed by atoms with Gasteiger partial charge in [-0.3, -0.25) is 10.6 Å². The molecule has 3 aromatic rings. The zero-order valence-electron chi connectivity index (χ0n) is 17.5. The van der Waals surface area contributed by atoms with Gasteiger partial charge in [0.15, 0.2) is 0 Å². The topological polar surface area (TPSA) is 87.5 Å². The number of benzene rings is 3. The molecule has 0 aliphatic heterocycles. The Balaban J connectivity index is 1.70. The molecule has 4 N–H and O–H groups in total. The molecule has 3 aromatic carbocycles. The average molecular weight is 548 g/mol. The van der Waals surface area contributed by atoms with Crippen LogP contribution in [0.25, 0.3) is 0 Å². The SMILES string of the molecule is C[C@@H](NN(N)CCc1ccc(Cl)cc1NS(=O)(=O)c1ccc(Cl)cc1)c1cccc(Cl)c1Cl. The molecule has 0 saturated carbocycles. The van der Waals surface area contributed by atoms with E-state index in [9.17, 15) is 8.42 Å². The van der Waals surface area contributed by atoms with Gasteiger partial charge in [-0.25, -0.2) is 13.8 Å². The zero-order valence-corrected chi connectivity index (χ0v) is 21.4. The third kappa shape index (κ3) is 6.97. The smallest absolute Gasteiger partial charge is 0.261 e. The van der Waals surface area contributed by atoms with Crippen molar-refractivity contribution in [3.63, 3.8) is 0 Å². The number of hydrazine groups is 2. The van der Waals surface area contributed by atoms with Crippen molar-refractivity contribution in [3.05, 3.63) is 91.9 Å². The van der Waals surface area contributed by atoms with Crippen LogP contribution in [0.2, 0.25) is 20.1 Å². The van der Waals surface area contributed by atoms with Crippen molar-refractivity contribution < 1.29 is 8.42 Å². The van der Waals surface area contributed by atoms with Gasteiger partial charge in [-0.2, -0.15) is 5.12 Å². The van der Waals surface area contributed by atoms with E-state index in [1.165, 1.54) is 29.4 Å². The van der Waals surface area contributed by atoms with Gasteiger partial charge >= 0.3 is 0 Å². The molecular weight excluding hydrogens is 526 g/mol. The van der Waals surface area contributed by atoms with Crippen LogP contribution in [0.5, 0.6) is 0 Å². The van der Waals surface area contributed by atoms with Crippen molar-refractivity contribution in [2.45, 2.75) is 24.3 Å². The molecule has 0 saturated heterocycles. The molecule has 33 heavy (non-hydrogen) atoms. The lowest BCUT2D eigenvalue weighted by atomic mass is 10.1. The number of nitrogens with two attached hydrogens (primary N) is 1. The maximum absolute atomic E-state index is 12.8. The minimum absolute atomic E-state index is 0.0900. The van der Waals surface area contributed by atoms with Crippen LogP contribution in [0.3, 0.4) is 0 Å². The number of hydrogen-bond donors (Lipinski definition) is 3. The predicted octanol–water partition coefficient (Wildman–Crippen LogP) is 6.09. The molecule has 1 atom stereocenters. The van der Waals surface area contributed by atoms with Gasteiger partial charge in [-0.15, -0.1) is 0 Å². The quantitative estimate of drug-likeness (QED) is 0.223. The summed E-state index contributed by atoms with van der Waals surface area (Å²) in [7, 11) is -3.83.